The lowest BCUT2D eigenvalue weighted by Gasteiger charge is -2.00. The normalized spacial score (nSPS) is 10.6. The van der Waals surface area contributed by atoms with Gasteiger partial charge in [0.15, 0.2) is 0 Å². The second-order valence-corrected chi connectivity index (χ2v) is 3.67. The molecule has 0 atom stereocenters. The van der Waals surface area contributed by atoms with Crippen LogP contribution in [0.25, 0.3) is 0 Å². The van der Waals surface area contributed by atoms with Gasteiger partial charge in [0.1, 0.15) is 8.30 Å². The zero-order chi connectivity index (χ0) is 8.43. The fourth-order valence-corrected chi connectivity index (χ4v) is 1.83. The molecule has 1 nitrogen and oxygen atoms in total. The minimum Gasteiger partial charge on any atom is -0.234 e. The number of pyridine rings is 1. The SMILES string of the molecule is FC(F)c1ccc(I)nc1Br. The van der Waals surface area contributed by atoms with E-state index in [0.29, 0.717) is 3.70 Å². The number of aromatic nitrogens is 1. The van der Waals surface area contributed by atoms with Crippen molar-refractivity contribution in [2.75, 3.05) is 0 Å². The fourth-order valence-electron chi connectivity index (χ4n) is 0.586. The number of hydrogen-bond acceptors (Lipinski definition) is 1. The predicted octanol–water partition coefficient (Wildman–Crippen LogP) is 3.39. The van der Waals surface area contributed by atoms with Crippen LogP contribution in [0.3, 0.4) is 0 Å². The molecule has 0 aliphatic rings. The molecular weight excluding hydrogens is 331 g/mol. The van der Waals surface area contributed by atoms with Gasteiger partial charge in [-0.25, -0.2) is 13.8 Å². The molecule has 1 heterocycles. The van der Waals surface area contributed by atoms with Crippen molar-refractivity contribution in [2.45, 2.75) is 6.43 Å². The van der Waals surface area contributed by atoms with Crippen LogP contribution in [0, 0.1) is 3.70 Å². The van der Waals surface area contributed by atoms with Crippen molar-refractivity contribution in [3.05, 3.63) is 26.0 Å². The monoisotopic (exact) mass is 333 g/mol. The number of halogens is 4. The van der Waals surface area contributed by atoms with Crippen LogP contribution in [0.4, 0.5) is 8.78 Å². The first-order valence-electron chi connectivity index (χ1n) is 2.71. The Labute approximate surface area is 84.5 Å². The van der Waals surface area contributed by atoms with E-state index in [1.807, 2.05) is 22.6 Å². The standard InChI is InChI=1S/C6H3BrF2IN/c7-5-3(6(8)9)1-2-4(10)11-5/h1-2,6H. The molecule has 0 aliphatic carbocycles. The maximum absolute atomic E-state index is 12.1. The van der Waals surface area contributed by atoms with Gasteiger partial charge in [0.05, 0.1) is 5.56 Å². The summed E-state index contributed by atoms with van der Waals surface area (Å²) in [6.45, 7) is 0. The van der Waals surface area contributed by atoms with Crippen LogP contribution in [0.15, 0.2) is 16.7 Å². The van der Waals surface area contributed by atoms with E-state index in [-0.39, 0.29) is 10.2 Å². The molecule has 0 aliphatic heterocycles. The second kappa shape index (κ2) is 3.75. The largest absolute Gasteiger partial charge is 0.266 e. The molecular formula is C6H3BrF2IN. The Bertz CT molecular complexity index is 267. The molecule has 0 aromatic carbocycles. The Balaban J connectivity index is 3.09. The molecule has 1 aromatic rings. The number of alkyl halides is 2. The first-order chi connectivity index (χ1) is 5.11. The number of nitrogens with zero attached hydrogens (tertiary/aromatic N) is 1. The van der Waals surface area contributed by atoms with Gasteiger partial charge in [0.2, 0.25) is 0 Å². The van der Waals surface area contributed by atoms with E-state index in [4.69, 9.17) is 0 Å². The summed E-state index contributed by atoms with van der Waals surface area (Å²) in [4.78, 5) is 3.82. The molecule has 60 valence electrons. The van der Waals surface area contributed by atoms with Crippen molar-refractivity contribution >= 4 is 38.5 Å². The molecule has 0 unspecified atom stereocenters. The topological polar surface area (TPSA) is 12.9 Å². The summed E-state index contributed by atoms with van der Waals surface area (Å²) in [6.07, 6.45) is -2.46. The molecule has 0 saturated carbocycles. The zero-order valence-electron chi connectivity index (χ0n) is 5.19. The fraction of sp³-hybridized carbons (Fsp3) is 0.167. The molecule has 0 radical (unpaired) electrons. The molecule has 0 N–H and O–H groups in total. The van der Waals surface area contributed by atoms with Gasteiger partial charge >= 0.3 is 0 Å². The highest BCUT2D eigenvalue weighted by Crippen LogP contribution is 2.25. The van der Waals surface area contributed by atoms with Gasteiger partial charge in [0.25, 0.3) is 6.43 Å². The highest BCUT2D eigenvalue weighted by Gasteiger charge is 2.11. The summed E-state index contributed by atoms with van der Waals surface area (Å²) in [7, 11) is 0. The minimum absolute atomic E-state index is 0.0644. The van der Waals surface area contributed by atoms with Crippen LogP contribution in [-0.2, 0) is 0 Å². The highest BCUT2D eigenvalue weighted by atomic mass is 127. The summed E-state index contributed by atoms with van der Waals surface area (Å²) in [5.74, 6) is 0. The molecule has 0 saturated heterocycles. The van der Waals surface area contributed by atoms with Crippen LogP contribution in [-0.4, -0.2) is 4.98 Å². The summed E-state index contributed by atoms with van der Waals surface area (Å²) < 4.78 is 25.1. The minimum atomic E-state index is -2.46. The van der Waals surface area contributed by atoms with Crippen LogP contribution in [0.2, 0.25) is 0 Å². The van der Waals surface area contributed by atoms with Crippen molar-refractivity contribution in [2.24, 2.45) is 0 Å². The van der Waals surface area contributed by atoms with Crippen LogP contribution >= 0.6 is 38.5 Å². The predicted molar refractivity (Wildman–Crippen MR) is 49.6 cm³/mol. The van der Waals surface area contributed by atoms with Crippen LogP contribution < -0.4 is 0 Å². The van der Waals surface area contributed by atoms with Crippen molar-refractivity contribution in [3.63, 3.8) is 0 Å². The Morgan fingerprint density at radius 3 is 2.55 bits per heavy atom. The van der Waals surface area contributed by atoms with Gasteiger partial charge in [-0.1, -0.05) is 0 Å². The number of rotatable bonds is 1. The first-order valence-corrected chi connectivity index (χ1v) is 4.58. The lowest BCUT2D eigenvalue weighted by Crippen LogP contribution is -1.90. The molecule has 0 spiro atoms. The lowest BCUT2D eigenvalue weighted by molar-refractivity contribution is 0.150. The third-order valence-corrected chi connectivity index (χ3v) is 2.31. The van der Waals surface area contributed by atoms with Gasteiger partial charge in [-0.15, -0.1) is 0 Å². The first kappa shape index (κ1) is 9.31. The van der Waals surface area contributed by atoms with E-state index in [1.54, 1.807) is 6.07 Å². The van der Waals surface area contributed by atoms with E-state index in [0.717, 1.165) is 0 Å². The van der Waals surface area contributed by atoms with Gasteiger partial charge in [-0.3, -0.25) is 0 Å². The third kappa shape index (κ3) is 2.33. The van der Waals surface area contributed by atoms with Crippen molar-refractivity contribution in [3.8, 4) is 0 Å². The lowest BCUT2D eigenvalue weighted by atomic mass is 10.3. The van der Waals surface area contributed by atoms with Crippen LogP contribution in [0.5, 0.6) is 0 Å². The smallest absolute Gasteiger partial charge is 0.234 e. The molecule has 1 rings (SSSR count). The second-order valence-electron chi connectivity index (χ2n) is 1.81. The van der Waals surface area contributed by atoms with Crippen LogP contribution in [0.1, 0.15) is 12.0 Å². The Morgan fingerprint density at radius 1 is 1.45 bits per heavy atom. The van der Waals surface area contributed by atoms with Gasteiger partial charge in [-0.05, 0) is 50.7 Å². The third-order valence-electron chi connectivity index (χ3n) is 1.08. The van der Waals surface area contributed by atoms with Crippen molar-refractivity contribution in [1.82, 2.24) is 4.98 Å². The zero-order valence-corrected chi connectivity index (χ0v) is 8.93. The average Bonchev–Trinajstić information content (AvgIpc) is 1.85. The van der Waals surface area contributed by atoms with Gasteiger partial charge in [-0.2, -0.15) is 0 Å². The van der Waals surface area contributed by atoms with Crippen molar-refractivity contribution in [1.29, 1.82) is 0 Å². The quantitative estimate of drug-likeness (QED) is 0.567. The van der Waals surface area contributed by atoms with Crippen molar-refractivity contribution < 1.29 is 8.78 Å². The summed E-state index contributed by atoms with van der Waals surface area (Å²) in [5.41, 5.74) is -0.0644. The maximum Gasteiger partial charge on any atom is 0.266 e. The van der Waals surface area contributed by atoms with E-state index in [9.17, 15) is 8.78 Å². The Morgan fingerprint density at radius 2 is 2.09 bits per heavy atom. The van der Waals surface area contributed by atoms with Gasteiger partial charge in [0, 0.05) is 0 Å². The molecule has 1 aromatic heterocycles. The maximum atomic E-state index is 12.1. The average molecular weight is 334 g/mol. The highest BCUT2D eigenvalue weighted by molar-refractivity contribution is 14.1. The van der Waals surface area contributed by atoms with E-state index >= 15 is 0 Å². The molecule has 5 heteroatoms. The Hall–Kier alpha value is 0.220. The van der Waals surface area contributed by atoms with E-state index in [2.05, 4.69) is 20.9 Å². The molecule has 0 amide bonds. The summed E-state index contributed by atoms with van der Waals surface area (Å²) in [6, 6.07) is 2.91. The Kier molecular flexibility index (Phi) is 3.17. The van der Waals surface area contributed by atoms with E-state index in [1.165, 1.54) is 6.07 Å². The molecule has 0 fully saturated rings. The molecule has 0 bridgehead atoms. The molecule has 11 heavy (non-hydrogen) atoms. The van der Waals surface area contributed by atoms with Gasteiger partial charge < -0.3 is 0 Å². The van der Waals surface area contributed by atoms with E-state index < -0.39 is 6.43 Å². The summed E-state index contributed by atoms with van der Waals surface area (Å²) >= 11 is 4.91. The summed E-state index contributed by atoms with van der Waals surface area (Å²) in [5, 5.41) is 0. The number of hydrogen-bond donors (Lipinski definition) is 0.